The highest BCUT2D eigenvalue weighted by atomic mass is 35.5. The number of amides is 3. The highest BCUT2D eigenvalue weighted by Crippen LogP contribution is 2.48. The van der Waals surface area contributed by atoms with Gasteiger partial charge in [0.15, 0.2) is 6.04 Å². The molecule has 0 saturated carbocycles. The van der Waals surface area contributed by atoms with Crippen LogP contribution in [0.4, 0.5) is 5.69 Å². The summed E-state index contributed by atoms with van der Waals surface area (Å²) < 4.78 is 5.47. The number of carbonyl (C=O) groups excluding carboxylic acids is 4. The molecular formula is C27H26ClN3O7S. The second kappa shape index (κ2) is 9.34. The minimum absolute atomic E-state index is 0.0911. The van der Waals surface area contributed by atoms with Crippen LogP contribution in [-0.2, 0) is 20.9 Å². The normalized spacial score (nSPS) is 25.8. The van der Waals surface area contributed by atoms with Gasteiger partial charge < -0.3 is 9.64 Å². The first-order valence-electron chi connectivity index (χ1n) is 12.3. The molecular weight excluding hydrogens is 546 g/mol. The van der Waals surface area contributed by atoms with Gasteiger partial charge in [-0.3, -0.25) is 29.4 Å². The van der Waals surface area contributed by atoms with Crippen LogP contribution in [0, 0.1) is 37.8 Å². The molecule has 0 radical (unpaired) electrons. The SMILES string of the molecule is Cc1c(C)c(C)c2c(c1C)C(=O)N(C1C(=O)N3C(C(=O)OCc4ccc([N+](=O)[O-])cc4)[C@](C)(Cl)CS[C@H]13)C2=O. The highest BCUT2D eigenvalue weighted by Gasteiger charge is 2.65. The fourth-order valence-electron chi connectivity index (χ4n) is 5.51. The molecule has 2 fully saturated rings. The molecule has 2 aromatic carbocycles. The van der Waals surface area contributed by atoms with Crippen molar-refractivity contribution in [2.24, 2.45) is 0 Å². The quantitative estimate of drug-likeness (QED) is 0.132. The lowest BCUT2D eigenvalue weighted by Crippen LogP contribution is -2.78. The minimum atomic E-state index is -1.16. The fraction of sp³-hybridized carbons (Fsp3) is 0.407. The van der Waals surface area contributed by atoms with Crippen molar-refractivity contribution in [3.05, 3.63) is 73.3 Å². The van der Waals surface area contributed by atoms with Crippen molar-refractivity contribution < 1.29 is 28.8 Å². The molecule has 0 bridgehead atoms. The van der Waals surface area contributed by atoms with Crippen LogP contribution >= 0.6 is 23.4 Å². The number of nitrogens with zero attached hydrogens (tertiary/aromatic N) is 3. The van der Waals surface area contributed by atoms with Crippen molar-refractivity contribution >= 4 is 52.7 Å². The number of hydrogen-bond acceptors (Lipinski definition) is 8. The molecule has 3 aliphatic rings. The molecule has 2 aromatic rings. The zero-order valence-electron chi connectivity index (χ0n) is 21.9. The van der Waals surface area contributed by atoms with Gasteiger partial charge in [-0.2, -0.15) is 0 Å². The van der Waals surface area contributed by atoms with E-state index in [0.717, 1.165) is 27.2 Å². The topological polar surface area (TPSA) is 127 Å². The molecule has 5 rings (SSSR count). The number of nitro benzene ring substituents is 1. The predicted octanol–water partition coefficient (Wildman–Crippen LogP) is 3.82. The average molecular weight is 572 g/mol. The number of nitro groups is 1. The highest BCUT2D eigenvalue weighted by molar-refractivity contribution is 8.00. The number of hydrogen-bond donors (Lipinski definition) is 0. The predicted molar refractivity (Wildman–Crippen MR) is 144 cm³/mol. The van der Waals surface area contributed by atoms with Gasteiger partial charge in [0.1, 0.15) is 18.0 Å². The van der Waals surface area contributed by atoms with Gasteiger partial charge in [-0.25, -0.2) is 4.79 Å². The number of rotatable bonds is 5. The van der Waals surface area contributed by atoms with Gasteiger partial charge >= 0.3 is 5.97 Å². The lowest BCUT2D eigenvalue weighted by atomic mass is 9.90. The maximum atomic E-state index is 13.5. The number of thioether (sulfide) groups is 1. The van der Waals surface area contributed by atoms with Gasteiger partial charge in [0.2, 0.25) is 0 Å². The summed E-state index contributed by atoms with van der Waals surface area (Å²) in [4.78, 5) is 65.4. The second-order valence-electron chi connectivity index (χ2n) is 10.3. The largest absolute Gasteiger partial charge is 0.459 e. The van der Waals surface area contributed by atoms with Crippen LogP contribution < -0.4 is 0 Å². The zero-order valence-corrected chi connectivity index (χ0v) is 23.5. The molecule has 0 aliphatic carbocycles. The number of alkyl halides is 1. The molecule has 39 heavy (non-hydrogen) atoms. The van der Waals surface area contributed by atoms with Gasteiger partial charge in [0, 0.05) is 17.9 Å². The molecule has 2 unspecified atom stereocenters. The number of carbonyl (C=O) groups is 4. The molecule has 0 aromatic heterocycles. The Balaban J connectivity index is 1.38. The third-order valence-corrected chi connectivity index (χ3v) is 10.1. The van der Waals surface area contributed by atoms with E-state index < -0.39 is 50.9 Å². The summed E-state index contributed by atoms with van der Waals surface area (Å²) in [6.45, 7) is 8.88. The summed E-state index contributed by atoms with van der Waals surface area (Å²) in [7, 11) is 0. The summed E-state index contributed by atoms with van der Waals surface area (Å²) in [6.07, 6.45) is 0. The maximum Gasteiger partial charge on any atom is 0.331 e. The first-order valence-corrected chi connectivity index (χ1v) is 13.7. The van der Waals surface area contributed by atoms with Crippen LogP contribution in [0.2, 0.25) is 0 Å². The van der Waals surface area contributed by atoms with Crippen molar-refractivity contribution in [3.8, 4) is 0 Å². The number of fused-ring (bicyclic) bond motifs is 2. The van der Waals surface area contributed by atoms with Crippen LogP contribution in [0.1, 0.15) is 55.5 Å². The number of benzene rings is 2. The number of esters is 1. The molecule has 4 atom stereocenters. The number of imide groups is 1. The monoisotopic (exact) mass is 571 g/mol. The van der Waals surface area contributed by atoms with E-state index in [4.69, 9.17) is 16.3 Å². The molecule has 10 nitrogen and oxygen atoms in total. The Morgan fingerprint density at radius 1 is 1.05 bits per heavy atom. The van der Waals surface area contributed by atoms with E-state index in [0.29, 0.717) is 16.7 Å². The molecule has 3 aliphatic heterocycles. The third kappa shape index (κ3) is 4.01. The van der Waals surface area contributed by atoms with E-state index in [1.54, 1.807) is 20.8 Å². The molecule has 2 saturated heterocycles. The molecule has 3 amide bonds. The third-order valence-electron chi connectivity index (χ3n) is 8.02. The van der Waals surface area contributed by atoms with E-state index >= 15 is 0 Å². The maximum absolute atomic E-state index is 13.5. The average Bonchev–Trinajstić information content (AvgIpc) is 3.14. The van der Waals surface area contributed by atoms with Crippen molar-refractivity contribution in [1.29, 1.82) is 0 Å². The van der Waals surface area contributed by atoms with Gasteiger partial charge in [-0.15, -0.1) is 23.4 Å². The number of non-ortho nitro benzene ring substituents is 1. The summed E-state index contributed by atoms with van der Waals surface area (Å²) in [6, 6.07) is 3.37. The van der Waals surface area contributed by atoms with Gasteiger partial charge in [-0.05, 0) is 74.6 Å². The van der Waals surface area contributed by atoms with E-state index in [-0.39, 0.29) is 18.0 Å². The Hall–Kier alpha value is -3.44. The van der Waals surface area contributed by atoms with E-state index in [1.807, 2.05) is 13.8 Å². The van der Waals surface area contributed by atoms with Crippen molar-refractivity contribution in [1.82, 2.24) is 9.80 Å². The van der Waals surface area contributed by atoms with Gasteiger partial charge in [0.25, 0.3) is 23.4 Å². The number of ether oxygens (including phenoxy) is 1. The van der Waals surface area contributed by atoms with Crippen LogP contribution in [-0.4, -0.2) is 66.5 Å². The Morgan fingerprint density at radius 3 is 2.10 bits per heavy atom. The smallest absolute Gasteiger partial charge is 0.331 e. The first-order chi connectivity index (χ1) is 18.3. The zero-order chi connectivity index (χ0) is 28.5. The Bertz CT molecular complexity index is 1430. The molecule has 204 valence electrons. The van der Waals surface area contributed by atoms with Crippen LogP contribution in [0.15, 0.2) is 24.3 Å². The first kappa shape index (κ1) is 27.1. The fourth-order valence-corrected chi connectivity index (χ4v) is 7.35. The summed E-state index contributed by atoms with van der Waals surface area (Å²) in [5.41, 5.74) is 4.38. The summed E-state index contributed by atoms with van der Waals surface area (Å²) in [5.74, 6) is -2.02. The van der Waals surface area contributed by atoms with Crippen molar-refractivity contribution in [2.45, 2.75) is 63.6 Å². The van der Waals surface area contributed by atoms with Crippen LogP contribution in [0.5, 0.6) is 0 Å². The van der Waals surface area contributed by atoms with Crippen molar-refractivity contribution in [2.75, 3.05) is 5.75 Å². The Kier molecular flexibility index (Phi) is 6.50. The van der Waals surface area contributed by atoms with Gasteiger partial charge in [0.05, 0.1) is 20.9 Å². The molecule has 0 spiro atoms. The molecule has 0 N–H and O–H groups in total. The number of β-lactam (4-membered cyclic amide) rings is 1. The Labute approximate surface area is 233 Å². The lowest BCUT2D eigenvalue weighted by molar-refractivity contribution is -0.384. The van der Waals surface area contributed by atoms with E-state index in [1.165, 1.54) is 40.9 Å². The second-order valence-corrected chi connectivity index (χ2v) is 12.3. The van der Waals surface area contributed by atoms with E-state index in [9.17, 15) is 29.3 Å². The van der Waals surface area contributed by atoms with Crippen LogP contribution in [0.25, 0.3) is 0 Å². The Morgan fingerprint density at radius 2 is 1.59 bits per heavy atom. The lowest BCUT2D eigenvalue weighted by Gasteiger charge is -2.57. The molecule has 3 heterocycles. The number of halogens is 1. The van der Waals surface area contributed by atoms with E-state index in [2.05, 4.69) is 0 Å². The molecule has 12 heteroatoms. The van der Waals surface area contributed by atoms with Crippen molar-refractivity contribution in [3.63, 3.8) is 0 Å². The van der Waals surface area contributed by atoms with Gasteiger partial charge in [-0.1, -0.05) is 0 Å². The summed E-state index contributed by atoms with van der Waals surface area (Å²) in [5, 5.41) is 10.2. The van der Waals surface area contributed by atoms with Crippen LogP contribution in [0.3, 0.4) is 0 Å². The minimum Gasteiger partial charge on any atom is -0.459 e. The summed E-state index contributed by atoms with van der Waals surface area (Å²) >= 11 is 8.02. The standard InChI is InChI=1S/C27H26ClN3O7S/c1-12-13(2)15(4)19-18(14(12)3)22(32)29(23(19)33)20-24(34)30-21(27(5,28)11-39-25(20)30)26(35)38-10-16-6-8-17(9-7-16)31(36)37/h6-9,20-21,25H,10-11H2,1-5H3/t20?,21?,25-,27-/m1/s1.